The molecule has 3 heterocycles. The van der Waals surface area contributed by atoms with E-state index >= 15 is 0 Å². The van der Waals surface area contributed by atoms with Gasteiger partial charge in [0.25, 0.3) is 5.91 Å². The van der Waals surface area contributed by atoms with Crippen LogP contribution in [0.25, 0.3) is 0 Å². The van der Waals surface area contributed by atoms with Crippen molar-refractivity contribution >= 4 is 29.3 Å². The summed E-state index contributed by atoms with van der Waals surface area (Å²) in [7, 11) is 0. The normalized spacial score (nSPS) is 24.9. The number of pyridine rings is 1. The van der Waals surface area contributed by atoms with Gasteiger partial charge in [0.1, 0.15) is 0 Å². The van der Waals surface area contributed by atoms with E-state index in [1.54, 1.807) is 17.3 Å². The third-order valence-electron chi connectivity index (χ3n) is 5.57. The van der Waals surface area contributed by atoms with Gasteiger partial charge in [0, 0.05) is 47.9 Å². The highest BCUT2D eigenvalue weighted by molar-refractivity contribution is 6.31. The molecule has 140 valence electrons. The Bertz CT molecular complexity index is 934. The van der Waals surface area contributed by atoms with Gasteiger partial charge in [-0.25, -0.2) is 4.79 Å². The van der Waals surface area contributed by atoms with E-state index in [1.165, 1.54) is 4.90 Å². The maximum absolute atomic E-state index is 12.9. The number of anilines is 1. The van der Waals surface area contributed by atoms with Crippen molar-refractivity contribution in [2.75, 3.05) is 18.0 Å². The first kappa shape index (κ1) is 17.8. The molecular formula is C20H20ClN3O3. The average Bonchev–Trinajstić information content (AvgIpc) is 3.26. The number of carbonyl (C=O) groups excluding carboxylic acids is 1. The maximum Gasteiger partial charge on any atom is 0.407 e. The number of carbonyl (C=O) groups is 2. The Morgan fingerprint density at radius 3 is 2.85 bits per heavy atom. The highest BCUT2D eigenvalue weighted by Gasteiger charge is 2.36. The number of halogens is 1. The van der Waals surface area contributed by atoms with Gasteiger partial charge in [-0.1, -0.05) is 18.5 Å². The molecule has 2 unspecified atom stereocenters. The topological polar surface area (TPSA) is 73.7 Å². The highest BCUT2D eigenvalue weighted by atomic mass is 35.5. The lowest BCUT2D eigenvalue weighted by Gasteiger charge is -2.19. The second kappa shape index (κ2) is 6.53. The van der Waals surface area contributed by atoms with Crippen LogP contribution in [0.4, 0.5) is 10.5 Å². The monoisotopic (exact) mass is 385 g/mol. The zero-order chi connectivity index (χ0) is 19.3. The Kier molecular flexibility index (Phi) is 4.30. The van der Waals surface area contributed by atoms with E-state index in [-0.39, 0.29) is 17.7 Å². The van der Waals surface area contributed by atoms with Crippen molar-refractivity contribution in [1.29, 1.82) is 0 Å². The molecule has 2 aliphatic heterocycles. The Morgan fingerprint density at radius 2 is 2.15 bits per heavy atom. The summed E-state index contributed by atoms with van der Waals surface area (Å²) in [6, 6.07) is 1.93. The standard InChI is InChI=1S/C20H20ClN3O3/c1-11-5-16-17(12(2)18(11)21)10-24(19(16)25)15-6-14(7-22-8-15)13-3-4-23(9-13)20(26)27/h5-8,10,12-13H,3-4,9H2,1-2H3,(H,26,27). The van der Waals surface area contributed by atoms with Gasteiger partial charge in [-0.05, 0) is 42.2 Å². The largest absolute Gasteiger partial charge is 0.465 e. The van der Waals surface area contributed by atoms with Crippen molar-refractivity contribution in [3.8, 4) is 0 Å². The molecule has 6 nitrogen and oxygen atoms in total. The predicted octanol–water partition coefficient (Wildman–Crippen LogP) is 3.87. The van der Waals surface area contributed by atoms with Crippen LogP contribution in [-0.2, 0) is 4.79 Å². The van der Waals surface area contributed by atoms with Crippen LogP contribution in [0.5, 0.6) is 0 Å². The van der Waals surface area contributed by atoms with Crippen LogP contribution in [0.1, 0.15) is 31.7 Å². The van der Waals surface area contributed by atoms with Crippen molar-refractivity contribution in [3.05, 3.63) is 58.1 Å². The Balaban J connectivity index is 1.63. The number of aromatic nitrogens is 1. The molecule has 1 aromatic rings. The van der Waals surface area contributed by atoms with Crippen molar-refractivity contribution in [2.24, 2.45) is 5.92 Å². The first-order valence-electron chi connectivity index (χ1n) is 8.93. The van der Waals surface area contributed by atoms with Crippen LogP contribution in [0.3, 0.4) is 0 Å². The van der Waals surface area contributed by atoms with Crippen molar-refractivity contribution in [3.63, 3.8) is 0 Å². The van der Waals surface area contributed by atoms with Crippen molar-refractivity contribution in [1.82, 2.24) is 9.88 Å². The molecule has 0 bridgehead atoms. The number of fused-ring (bicyclic) bond motifs is 1. The lowest BCUT2D eigenvalue weighted by molar-refractivity contribution is -0.114. The molecule has 1 aromatic heterocycles. The highest BCUT2D eigenvalue weighted by Crippen LogP contribution is 2.41. The molecule has 1 N–H and O–H groups in total. The maximum atomic E-state index is 12.9. The molecule has 7 heteroatoms. The van der Waals surface area contributed by atoms with E-state index in [1.807, 2.05) is 32.2 Å². The van der Waals surface area contributed by atoms with Gasteiger partial charge in [0.2, 0.25) is 0 Å². The number of hydrogen-bond acceptors (Lipinski definition) is 3. The third kappa shape index (κ3) is 2.94. The fourth-order valence-electron chi connectivity index (χ4n) is 3.97. The van der Waals surface area contributed by atoms with E-state index in [4.69, 9.17) is 16.7 Å². The van der Waals surface area contributed by atoms with Gasteiger partial charge < -0.3 is 10.0 Å². The van der Waals surface area contributed by atoms with Crippen LogP contribution < -0.4 is 4.90 Å². The molecule has 4 rings (SSSR count). The van der Waals surface area contributed by atoms with Crippen LogP contribution >= 0.6 is 11.6 Å². The minimum atomic E-state index is -0.897. The number of nitrogens with zero attached hydrogens (tertiary/aromatic N) is 3. The SMILES string of the molecule is CC1=C(Cl)C(C)C2=CN(c3cncc(C4CCN(C(=O)O)C4)c3)C(=O)C2=C1. The quantitative estimate of drug-likeness (QED) is 0.838. The first-order chi connectivity index (χ1) is 12.9. The summed E-state index contributed by atoms with van der Waals surface area (Å²) in [5.41, 5.74) is 4.14. The van der Waals surface area contributed by atoms with E-state index < -0.39 is 6.09 Å². The molecule has 0 spiro atoms. The second-order valence-electron chi connectivity index (χ2n) is 7.26. The van der Waals surface area contributed by atoms with Crippen LogP contribution in [0.15, 0.2) is 52.5 Å². The third-order valence-corrected chi connectivity index (χ3v) is 6.19. The molecule has 2 amide bonds. The minimum Gasteiger partial charge on any atom is -0.465 e. The van der Waals surface area contributed by atoms with E-state index in [2.05, 4.69) is 4.98 Å². The Morgan fingerprint density at radius 1 is 1.37 bits per heavy atom. The van der Waals surface area contributed by atoms with E-state index in [0.717, 1.165) is 28.2 Å². The number of carboxylic acid groups (broad SMARTS) is 1. The molecule has 1 saturated heterocycles. The number of likely N-dealkylation sites (tertiary alicyclic amines) is 1. The van der Waals surface area contributed by atoms with Gasteiger partial charge in [-0.3, -0.25) is 14.7 Å². The first-order valence-corrected chi connectivity index (χ1v) is 9.31. The summed E-state index contributed by atoms with van der Waals surface area (Å²) in [5, 5.41) is 9.91. The van der Waals surface area contributed by atoms with Crippen LogP contribution in [0.2, 0.25) is 0 Å². The van der Waals surface area contributed by atoms with Crippen LogP contribution in [0, 0.1) is 5.92 Å². The lowest BCUT2D eigenvalue weighted by Crippen LogP contribution is -2.26. The number of allylic oxidation sites excluding steroid dienone is 3. The van der Waals surface area contributed by atoms with Gasteiger partial charge in [-0.15, -0.1) is 0 Å². The summed E-state index contributed by atoms with van der Waals surface area (Å²) in [6.07, 6.45) is 6.96. The molecule has 27 heavy (non-hydrogen) atoms. The van der Waals surface area contributed by atoms with E-state index in [0.29, 0.717) is 24.4 Å². The van der Waals surface area contributed by atoms with Gasteiger partial charge in [-0.2, -0.15) is 0 Å². The van der Waals surface area contributed by atoms with Gasteiger partial charge >= 0.3 is 6.09 Å². The van der Waals surface area contributed by atoms with Crippen molar-refractivity contribution in [2.45, 2.75) is 26.2 Å². The zero-order valence-electron chi connectivity index (χ0n) is 15.1. The fraction of sp³-hybridized carbons (Fsp3) is 0.350. The number of amides is 2. The van der Waals surface area contributed by atoms with E-state index in [9.17, 15) is 9.59 Å². The average molecular weight is 386 g/mol. The molecule has 1 aliphatic carbocycles. The fourth-order valence-corrected chi connectivity index (χ4v) is 4.14. The predicted molar refractivity (Wildman–Crippen MR) is 103 cm³/mol. The minimum absolute atomic E-state index is 0.0179. The van der Waals surface area contributed by atoms with Gasteiger partial charge in [0.05, 0.1) is 11.9 Å². The molecular weight excluding hydrogens is 366 g/mol. The summed E-state index contributed by atoms with van der Waals surface area (Å²) in [4.78, 5) is 31.4. The van der Waals surface area contributed by atoms with Crippen molar-refractivity contribution < 1.29 is 14.7 Å². The molecule has 0 saturated carbocycles. The molecule has 0 aromatic carbocycles. The van der Waals surface area contributed by atoms with Gasteiger partial charge in [0.15, 0.2) is 0 Å². The Labute approximate surface area is 162 Å². The molecule has 3 aliphatic rings. The second-order valence-corrected chi connectivity index (χ2v) is 7.67. The smallest absolute Gasteiger partial charge is 0.407 e. The summed E-state index contributed by atoms with van der Waals surface area (Å²) < 4.78 is 0. The number of hydrogen-bond donors (Lipinski definition) is 1. The summed E-state index contributed by atoms with van der Waals surface area (Å²) in [5.74, 6) is -0.00806. The van der Waals surface area contributed by atoms with Crippen LogP contribution in [-0.4, -0.2) is 40.1 Å². The molecule has 1 fully saturated rings. The summed E-state index contributed by atoms with van der Waals surface area (Å²) >= 11 is 6.38. The zero-order valence-corrected chi connectivity index (χ0v) is 15.9. The summed E-state index contributed by atoms with van der Waals surface area (Å²) in [6.45, 7) is 4.88. The lowest BCUT2D eigenvalue weighted by atomic mass is 9.88. The molecule has 0 radical (unpaired) electrons. The molecule has 2 atom stereocenters. The number of rotatable bonds is 2. The Hall–Kier alpha value is -2.60.